The highest BCUT2D eigenvalue weighted by molar-refractivity contribution is 5.38. The van der Waals surface area contributed by atoms with Gasteiger partial charge in [0, 0.05) is 0 Å². The minimum atomic E-state index is 0.375. The van der Waals surface area contributed by atoms with Gasteiger partial charge in [0.2, 0.25) is 0 Å². The maximum atomic E-state index is 5.70. The van der Waals surface area contributed by atoms with Gasteiger partial charge >= 0.3 is 0 Å². The number of hydrogen-bond acceptors (Lipinski definition) is 1. The molecule has 0 aromatic heterocycles. The van der Waals surface area contributed by atoms with E-state index in [1.807, 2.05) is 0 Å². The van der Waals surface area contributed by atoms with Crippen molar-refractivity contribution < 1.29 is 0 Å². The molecule has 1 aromatic carbocycles. The van der Waals surface area contributed by atoms with E-state index in [2.05, 4.69) is 38.1 Å². The van der Waals surface area contributed by atoms with Crippen LogP contribution in [0.5, 0.6) is 0 Å². The molecule has 13 heavy (non-hydrogen) atoms. The van der Waals surface area contributed by atoms with Crippen molar-refractivity contribution in [2.45, 2.75) is 25.7 Å². The lowest BCUT2D eigenvalue weighted by atomic mass is 9.91. The SMILES string of the molecule is Cc1ccccc1C1(C)C[C@H]1CN. The Bertz CT molecular complexity index is 319. The summed E-state index contributed by atoms with van der Waals surface area (Å²) in [6.45, 7) is 5.34. The smallest absolute Gasteiger partial charge is 0.00287 e. The largest absolute Gasteiger partial charge is 0.330 e. The van der Waals surface area contributed by atoms with E-state index in [1.165, 1.54) is 17.5 Å². The minimum absolute atomic E-state index is 0.375. The molecule has 0 radical (unpaired) electrons. The van der Waals surface area contributed by atoms with Crippen LogP contribution in [0, 0.1) is 12.8 Å². The fraction of sp³-hybridized carbons (Fsp3) is 0.500. The van der Waals surface area contributed by atoms with Crippen molar-refractivity contribution in [2.75, 3.05) is 6.54 Å². The molecule has 2 rings (SSSR count). The van der Waals surface area contributed by atoms with E-state index < -0.39 is 0 Å². The van der Waals surface area contributed by atoms with Gasteiger partial charge in [0.1, 0.15) is 0 Å². The fourth-order valence-electron chi connectivity index (χ4n) is 2.34. The molecule has 1 unspecified atom stereocenters. The zero-order valence-corrected chi connectivity index (χ0v) is 8.38. The van der Waals surface area contributed by atoms with Crippen LogP contribution < -0.4 is 5.73 Å². The second-order valence-electron chi connectivity index (χ2n) is 4.37. The topological polar surface area (TPSA) is 26.0 Å². The van der Waals surface area contributed by atoms with Crippen molar-refractivity contribution in [1.29, 1.82) is 0 Å². The van der Waals surface area contributed by atoms with Gasteiger partial charge in [-0.05, 0) is 42.3 Å². The summed E-state index contributed by atoms with van der Waals surface area (Å²) in [7, 11) is 0. The first-order chi connectivity index (χ1) is 6.18. The van der Waals surface area contributed by atoms with Crippen molar-refractivity contribution in [3.05, 3.63) is 35.4 Å². The van der Waals surface area contributed by atoms with Gasteiger partial charge in [0.05, 0.1) is 0 Å². The van der Waals surface area contributed by atoms with Gasteiger partial charge in [-0.1, -0.05) is 31.2 Å². The molecule has 1 aliphatic rings. The third-order valence-corrected chi connectivity index (χ3v) is 3.46. The Morgan fingerprint density at radius 3 is 2.69 bits per heavy atom. The van der Waals surface area contributed by atoms with E-state index in [-0.39, 0.29) is 0 Å². The number of nitrogens with two attached hydrogens (primary N) is 1. The fourth-order valence-corrected chi connectivity index (χ4v) is 2.34. The highest BCUT2D eigenvalue weighted by Crippen LogP contribution is 2.53. The van der Waals surface area contributed by atoms with Crippen molar-refractivity contribution >= 4 is 0 Å². The van der Waals surface area contributed by atoms with E-state index in [0.717, 1.165) is 6.54 Å². The van der Waals surface area contributed by atoms with Crippen molar-refractivity contribution in [3.63, 3.8) is 0 Å². The summed E-state index contributed by atoms with van der Waals surface area (Å²) >= 11 is 0. The molecule has 0 amide bonds. The first kappa shape index (κ1) is 8.76. The molecule has 1 fully saturated rings. The Morgan fingerprint density at radius 1 is 1.46 bits per heavy atom. The zero-order valence-electron chi connectivity index (χ0n) is 8.38. The summed E-state index contributed by atoms with van der Waals surface area (Å²) in [5.74, 6) is 0.702. The van der Waals surface area contributed by atoms with Crippen LogP contribution in [-0.4, -0.2) is 6.54 Å². The van der Waals surface area contributed by atoms with Gasteiger partial charge in [-0.3, -0.25) is 0 Å². The van der Waals surface area contributed by atoms with Crippen molar-refractivity contribution in [3.8, 4) is 0 Å². The molecule has 1 heteroatoms. The van der Waals surface area contributed by atoms with Crippen LogP contribution >= 0.6 is 0 Å². The quantitative estimate of drug-likeness (QED) is 0.733. The second-order valence-corrected chi connectivity index (χ2v) is 4.37. The van der Waals surface area contributed by atoms with Gasteiger partial charge in [0.15, 0.2) is 0 Å². The maximum Gasteiger partial charge on any atom is -0.00287 e. The average molecular weight is 175 g/mol. The first-order valence-electron chi connectivity index (χ1n) is 4.94. The van der Waals surface area contributed by atoms with Crippen LogP contribution in [0.4, 0.5) is 0 Å². The zero-order chi connectivity index (χ0) is 9.47. The predicted molar refractivity (Wildman–Crippen MR) is 55.7 cm³/mol. The molecule has 2 N–H and O–H groups in total. The van der Waals surface area contributed by atoms with Crippen LogP contribution in [0.25, 0.3) is 0 Å². The van der Waals surface area contributed by atoms with Crippen molar-refractivity contribution in [2.24, 2.45) is 11.7 Å². The molecule has 0 spiro atoms. The molecule has 0 aliphatic heterocycles. The van der Waals surface area contributed by atoms with E-state index in [0.29, 0.717) is 11.3 Å². The van der Waals surface area contributed by atoms with Crippen molar-refractivity contribution in [1.82, 2.24) is 0 Å². The third kappa shape index (κ3) is 1.28. The molecule has 1 aromatic rings. The normalized spacial score (nSPS) is 31.8. The summed E-state index contributed by atoms with van der Waals surface area (Å²) in [5, 5.41) is 0. The highest BCUT2D eigenvalue weighted by atomic mass is 14.7. The number of hydrogen-bond donors (Lipinski definition) is 1. The lowest BCUT2D eigenvalue weighted by Crippen LogP contribution is -2.12. The molecule has 1 saturated carbocycles. The van der Waals surface area contributed by atoms with Crippen LogP contribution in [0.3, 0.4) is 0 Å². The standard InChI is InChI=1S/C12H17N/c1-9-5-3-4-6-11(9)12(2)7-10(12)8-13/h3-6,10H,7-8,13H2,1-2H3/t10-,12?/m0/s1. The molecular formula is C12H17N. The first-order valence-corrected chi connectivity index (χ1v) is 4.94. The molecule has 1 aliphatic carbocycles. The minimum Gasteiger partial charge on any atom is -0.330 e. The molecule has 2 atom stereocenters. The Hall–Kier alpha value is -0.820. The molecule has 70 valence electrons. The Morgan fingerprint density at radius 2 is 2.15 bits per heavy atom. The predicted octanol–water partition coefficient (Wildman–Crippen LogP) is 2.23. The molecule has 0 saturated heterocycles. The average Bonchev–Trinajstić information content (AvgIpc) is 2.79. The van der Waals surface area contributed by atoms with Crippen LogP contribution in [0.15, 0.2) is 24.3 Å². The molecule has 0 bridgehead atoms. The monoisotopic (exact) mass is 175 g/mol. The van der Waals surface area contributed by atoms with Gasteiger partial charge in [-0.2, -0.15) is 0 Å². The molecule has 1 nitrogen and oxygen atoms in total. The summed E-state index contributed by atoms with van der Waals surface area (Å²) in [4.78, 5) is 0. The Labute approximate surface area is 80.0 Å². The molecule has 0 heterocycles. The van der Waals surface area contributed by atoms with Crippen LogP contribution in [0.1, 0.15) is 24.5 Å². The lowest BCUT2D eigenvalue weighted by molar-refractivity contribution is 0.662. The number of rotatable bonds is 2. The van der Waals surface area contributed by atoms with Gasteiger partial charge in [0.25, 0.3) is 0 Å². The molecular weight excluding hydrogens is 158 g/mol. The van der Waals surface area contributed by atoms with Gasteiger partial charge < -0.3 is 5.73 Å². The number of aryl methyl sites for hydroxylation is 1. The summed E-state index contributed by atoms with van der Waals surface area (Å²) < 4.78 is 0. The van der Waals surface area contributed by atoms with Crippen LogP contribution in [0.2, 0.25) is 0 Å². The second kappa shape index (κ2) is 2.85. The maximum absolute atomic E-state index is 5.70. The lowest BCUT2D eigenvalue weighted by Gasteiger charge is -2.13. The Balaban J connectivity index is 2.32. The third-order valence-electron chi connectivity index (χ3n) is 3.46. The van der Waals surface area contributed by atoms with Gasteiger partial charge in [-0.15, -0.1) is 0 Å². The van der Waals surface area contributed by atoms with E-state index >= 15 is 0 Å². The van der Waals surface area contributed by atoms with E-state index in [9.17, 15) is 0 Å². The van der Waals surface area contributed by atoms with E-state index in [4.69, 9.17) is 5.73 Å². The number of benzene rings is 1. The summed E-state index contributed by atoms with van der Waals surface area (Å²) in [6, 6.07) is 8.65. The summed E-state index contributed by atoms with van der Waals surface area (Å²) in [5.41, 5.74) is 8.97. The highest BCUT2D eigenvalue weighted by Gasteiger charge is 2.50. The Kier molecular flexibility index (Phi) is 1.92. The van der Waals surface area contributed by atoms with Gasteiger partial charge in [-0.25, -0.2) is 0 Å². The van der Waals surface area contributed by atoms with E-state index in [1.54, 1.807) is 0 Å². The summed E-state index contributed by atoms with van der Waals surface area (Å²) in [6.07, 6.45) is 1.26. The van der Waals surface area contributed by atoms with Crippen LogP contribution in [-0.2, 0) is 5.41 Å².